The molecule has 1 aromatic carbocycles. The Morgan fingerprint density at radius 2 is 2.03 bits per heavy atom. The lowest BCUT2D eigenvalue weighted by Crippen LogP contribution is -2.43. The van der Waals surface area contributed by atoms with Crippen LogP contribution in [0.25, 0.3) is 22.3 Å². The van der Waals surface area contributed by atoms with Gasteiger partial charge in [0.15, 0.2) is 17.3 Å². The quantitative estimate of drug-likeness (QED) is 0.270. The molecule has 1 unspecified atom stereocenters. The number of Topliss-reactive ketones (excluding diaryl/α,β-unsaturated/α-hetero) is 1. The summed E-state index contributed by atoms with van der Waals surface area (Å²) in [5.41, 5.74) is 9.44. The number of aromatic hydroxyl groups is 1. The highest BCUT2D eigenvalue weighted by atomic mass is 35.5. The van der Waals surface area contributed by atoms with Crippen LogP contribution in [0.2, 0.25) is 5.02 Å². The van der Waals surface area contributed by atoms with E-state index in [0.29, 0.717) is 39.2 Å². The number of benzene rings is 1. The van der Waals surface area contributed by atoms with Crippen molar-refractivity contribution in [2.45, 2.75) is 32.7 Å². The highest BCUT2D eigenvalue weighted by Gasteiger charge is 2.21. The summed E-state index contributed by atoms with van der Waals surface area (Å²) in [7, 11) is 0. The van der Waals surface area contributed by atoms with Crippen molar-refractivity contribution < 1.29 is 14.3 Å². The fraction of sp³-hybridized carbons (Fsp3) is 0.286. The van der Waals surface area contributed by atoms with Gasteiger partial charge in [0, 0.05) is 36.8 Å². The van der Waals surface area contributed by atoms with Crippen LogP contribution in [0.4, 0.5) is 21.6 Å². The summed E-state index contributed by atoms with van der Waals surface area (Å²) >= 11 is 6.00. The number of hydrogen-bond acceptors (Lipinski definition) is 8. The summed E-state index contributed by atoms with van der Waals surface area (Å²) < 4.78 is 14.2. The Morgan fingerprint density at radius 3 is 2.71 bits per heavy atom. The van der Waals surface area contributed by atoms with E-state index in [1.807, 2.05) is 26.0 Å². The van der Waals surface area contributed by atoms with E-state index in [9.17, 15) is 14.3 Å². The van der Waals surface area contributed by atoms with E-state index in [4.69, 9.17) is 22.3 Å². The second-order valence-corrected chi connectivity index (χ2v) is 10.2. The molecule has 4 aromatic rings. The average molecular weight is 535 g/mol. The zero-order valence-electron chi connectivity index (χ0n) is 21.1. The lowest BCUT2D eigenvalue weighted by molar-refractivity contribution is 0.0940. The third-order valence-corrected chi connectivity index (χ3v) is 6.90. The van der Waals surface area contributed by atoms with Gasteiger partial charge in [0.25, 0.3) is 0 Å². The molecule has 0 radical (unpaired) electrons. The van der Waals surface area contributed by atoms with Crippen molar-refractivity contribution in [1.82, 2.24) is 15.0 Å². The van der Waals surface area contributed by atoms with Gasteiger partial charge in [-0.3, -0.25) is 9.78 Å². The Morgan fingerprint density at radius 1 is 1.21 bits per heavy atom. The molecule has 4 N–H and O–H groups in total. The van der Waals surface area contributed by atoms with Crippen LogP contribution in [0.5, 0.6) is 5.75 Å². The molecule has 0 amide bonds. The number of phenols is 1. The molecular formula is C28H28ClFN6O2. The standard InChI is InChI=1S/C28H28ClFN6O2/c1-15(2)27(37)19-13-32-23-7-6-22(16-10-20(29)28(38)21(30)11-16)35-26(23)25(19)34-18-5-8-24(33-12-18)36-9-3-4-17(31)14-36/h5-8,10-13,15,17,38H,3-4,9,14,31H2,1-2H3,(H,32,34). The van der Waals surface area contributed by atoms with Gasteiger partial charge in [-0.1, -0.05) is 25.4 Å². The Balaban J connectivity index is 1.57. The van der Waals surface area contributed by atoms with Crippen molar-refractivity contribution in [3.05, 3.63) is 65.2 Å². The first kappa shape index (κ1) is 25.8. The number of aromatic nitrogens is 3. The molecule has 5 rings (SSSR count). The third-order valence-electron chi connectivity index (χ3n) is 6.61. The van der Waals surface area contributed by atoms with Gasteiger partial charge in [-0.2, -0.15) is 0 Å². The van der Waals surface area contributed by atoms with Crippen LogP contribution in [0, 0.1) is 11.7 Å². The van der Waals surface area contributed by atoms with Gasteiger partial charge in [-0.15, -0.1) is 0 Å². The number of piperidine rings is 1. The lowest BCUT2D eigenvalue weighted by atomic mass is 10.00. The van der Waals surface area contributed by atoms with Gasteiger partial charge in [0.1, 0.15) is 11.3 Å². The zero-order valence-corrected chi connectivity index (χ0v) is 21.8. The molecule has 196 valence electrons. The number of ketones is 1. The molecule has 0 aliphatic carbocycles. The van der Waals surface area contributed by atoms with Crippen LogP contribution in [-0.4, -0.2) is 45.0 Å². The number of carbonyl (C=O) groups excluding carboxylic acids is 1. The van der Waals surface area contributed by atoms with E-state index < -0.39 is 11.6 Å². The van der Waals surface area contributed by atoms with Crippen molar-refractivity contribution in [1.29, 1.82) is 0 Å². The Labute approximate surface area is 224 Å². The van der Waals surface area contributed by atoms with Crippen LogP contribution in [-0.2, 0) is 0 Å². The van der Waals surface area contributed by atoms with E-state index in [1.54, 1.807) is 24.5 Å². The van der Waals surface area contributed by atoms with Gasteiger partial charge in [0.2, 0.25) is 0 Å². The molecule has 0 spiro atoms. The number of rotatable bonds is 6. The van der Waals surface area contributed by atoms with E-state index in [-0.39, 0.29) is 22.8 Å². The number of pyridine rings is 3. The zero-order chi connectivity index (χ0) is 27.0. The normalized spacial score (nSPS) is 15.7. The summed E-state index contributed by atoms with van der Waals surface area (Å²) in [5.74, 6) is -0.995. The van der Waals surface area contributed by atoms with Crippen LogP contribution in [0.3, 0.4) is 0 Å². The smallest absolute Gasteiger partial charge is 0.170 e. The van der Waals surface area contributed by atoms with Gasteiger partial charge in [-0.05, 0) is 49.2 Å². The number of phenolic OH excluding ortho intramolecular Hbond substituents is 1. The molecule has 10 heteroatoms. The van der Waals surface area contributed by atoms with Gasteiger partial charge >= 0.3 is 0 Å². The fourth-order valence-electron chi connectivity index (χ4n) is 4.57. The maximum Gasteiger partial charge on any atom is 0.170 e. The van der Waals surface area contributed by atoms with Crippen molar-refractivity contribution >= 4 is 45.6 Å². The first-order valence-electron chi connectivity index (χ1n) is 12.5. The van der Waals surface area contributed by atoms with Crippen LogP contribution in [0.15, 0.2) is 48.8 Å². The predicted octanol–water partition coefficient (Wildman–Crippen LogP) is 5.70. The molecule has 8 nitrogen and oxygen atoms in total. The summed E-state index contributed by atoms with van der Waals surface area (Å²) in [6.45, 7) is 5.31. The fourth-order valence-corrected chi connectivity index (χ4v) is 4.78. The van der Waals surface area contributed by atoms with Crippen LogP contribution >= 0.6 is 11.6 Å². The molecule has 1 atom stereocenters. The molecule has 1 aliphatic heterocycles. The number of halogens is 2. The van der Waals surface area contributed by atoms with E-state index in [2.05, 4.69) is 20.2 Å². The van der Waals surface area contributed by atoms with Crippen molar-refractivity contribution in [3.63, 3.8) is 0 Å². The van der Waals surface area contributed by atoms with Gasteiger partial charge in [0.05, 0.1) is 39.4 Å². The third kappa shape index (κ3) is 5.12. The number of carbonyl (C=O) groups is 1. The maximum atomic E-state index is 14.2. The van der Waals surface area contributed by atoms with E-state index >= 15 is 0 Å². The number of fused-ring (bicyclic) bond motifs is 1. The van der Waals surface area contributed by atoms with Gasteiger partial charge in [-0.25, -0.2) is 14.4 Å². The Kier molecular flexibility index (Phi) is 7.14. The highest BCUT2D eigenvalue weighted by Crippen LogP contribution is 2.35. The van der Waals surface area contributed by atoms with E-state index in [1.165, 1.54) is 6.07 Å². The molecular weight excluding hydrogens is 507 g/mol. The molecule has 1 fully saturated rings. The largest absolute Gasteiger partial charge is 0.504 e. The first-order valence-corrected chi connectivity index (χ1v) is 12.8. The maximum absolute atomic E-state index is 14.2. The van der Waals surface area contributed by atoms with Gasteiger partial charge < -0.3 is 21.1 Å². The number of nitrogens with two attached hydrogens (primary N) is 1. The molecule has 4 heterocycles. The number of anilines is 3. The Hall–Kier alpha value is -3.82. The Bertz CT molecular complexity index is 1490. The topological polar surface area (TPSA) is 117 Å². The average Bonchev–Trinajstić information content (AvgIpc) is 2.91. The molecule has 1 aliphatic rings. The molecule has 3 aromatic heterocycles. The van der Waals surface area contributed by atoms with Crippen LogP contribution in [0.1, 0.15) is 37.0 Å². The lowest BCUT2D eigenvalue weighted by Gasteiger charge is -2.31. The molecule has 1 saturated heterocycles. The van der Waals surface area contributed by atoms with Crippen molar-refractivity contribution in [2.24, 2.45) is 11.7 Å². The van der Waals surface area contributed by atoms with Crippen LogP contribution < -0.4 is 16.0 Å². The number of nitrogens with zero attached hydrogens (tertiary/aromatic N) is 4. The van der Waals surface area contributed by atoms with Crippen molar-refractivity contribution in [3.8, 4) is 17.0 Å². The minimum absolute atomic E-state index is 0.0975. The first-order chi connectivity index (χ1) is 18.2. The van der Waals surface area contributed by atoms with E-state index in [0.717, 1.165) is 37.8 Å². The monoisotopic (exact) mass is 534 g/mol. The minimum atomic E-state index is -0.851. The summed E-state index contributed by atoms with van der Waals surface area (Å²) in [5, 5.41) is 12.9. The summed E-state index contributed by atoms with van der Waals surface area (Å²) in [6, 6.07) is 9.98. The minimum Gasteiger partial charge on any atom is -0.504 e. The molecule has 38 heavy (non-hydrogen) atoms. The second kappa shape index (κ2) is 10.5. The van der Waals surface area contributed by atoms with Crippen molar-refractivity contribution in [2.75, 3.05) is 23.3 Å². The SMILES string of the molecule is CC(C)C(=O)c1cnc2ccc(-c3cc(F)c(O)c(Cl)c3)nc2c1Nc1ccc(N2CCCC(N)C2)nc1. The summed E-state index contributed by atoms with van der Waals surface area (Å²) in [4.78, 5) is 29.1. The summed E-state index contributed by atoms with van der Waals surface area (Å²) in [6.07, 6.45) is 5.29. The number of nitrogens with one attached hydrogen (secondary N) is 1. The molecule has 0 bridgehead atoms. The highest BCUT2D eigenvalue weighted by molar-refractivity contribution is 6.32. The second-order valence-electron chi connectivity index (χ2n) is 9.80. The predicted molar refractivity (Wildman–Crippen MR) is 148 cm³/mol. The number of hydrogen-bond donors (Lipinski definition) is 3. The molecule has 0 saturated carbocycles.